The molecule has 0 aliphatic heterocycles. The molecule has 1 aromatic heterocycles. The third kappa shape index (κ3) is 4.41. The molecule has 0 saturated heterocycles. The third-order valence-electron chi connectivity index (χ3n) is 2.17. The van der Waals surface area contributed by atoms with Gasteiger partial charge in [-0.05, 0) is 29.0 Å². The van der Waals surface area contributed by atoms with E-state index in [0.717, 1.165) is 0 Å². The Balaban J connectivity index is 2.69. The molecule has 1 aromatic rings. The largest absolute Gasteiger partial charge is 0.367 e. The van der Waals surface area contributed by atoms with Crippen LogP contribution in [-0.2, 0) is 17.8 Å². The maximum Gasteiger partial charge on any atom is 0.330 e. The SMILES string of the molecule is CCc1nc(COCC(F)(F)C(F)F)[nH]c(=O)c1I. The zero-order valence-electron chi connectivity index (χ0n) is 9.85. The first-order valence-corrected chi connectivity index (χ1v) is 6.37. The number of nitrogens with zero attached hydrogens (tertiary/aromatic N) is 1. The van der Waals surface area contributed by atoms with Gasteiger partial charge in [0.15, 0.2) is 0 Å². The zero-order chi connectivity index (χ0) is 14.6. The third-order valence-corrected chi connectivity index (χ3v) is 3.28. The summed E-state index contributed by atoms with van der Waals surface area (Å²) in [5.41, 5.74) is 0.0928. The quantitative estimate of drug-likeness (QED) is 0.596. The van der Waals surface area contributed by atoms with Crippen LogP contribution in [0.25, 0.3) is 0 Å². The Morgan fingerprint density at radius 1 is 1.47 bits per heavy atom. The van der Waals surface area contributed by atoms with Crippen molar-refractivity contribution in [3.05, 3.63) is 25.4 Å². The number of aryl methyl sites for hydroxylation is 1. The van der Waals surface area contributed by atoms with Gasteiger partial charge in [-0.1, -0.05) is 6.92 Å². The summed E-state index contributed by atoms with van der Waals surface area (Å²) in [5.74, 6) is -4.18. The number of hydrogen-bond acceptors (Lipinski definition) is 3. The van der Waals surface area contributed by atoms with Crippen molar-refractivity contribution in [2.24, 2.45) is 0 Å². The molecule has 1 rings (SSSR count). The van der Waals surface area contributed by atoms with Crippen LogP contribution in [0.1, 0.15) is 18.4 Å². The van der Waals surface area contributed by atoms with Gasteiger partial charge in [-0.2, -0.15) is 8.78 Å². The number of nitrogens with one attached hydrogen (secondary N) is 1. The lowest BCUT2D eigenvalue weighted by atomic mass is 10.3. The minimum absolute atomic E-state index is 0.0346. The van der Waals surface area contributed by atoms with Gasteiger partial charge in [-0.25, -0.2) is 13.8 Å². The van der Waals surface area contributed by atoms with Gasteiger partial charge in [-0.3, -0.25) is 4.79 Å². The van der Waals surface area contributed by atoms with Crippen LogP contribution < -0.4 is 5.56 Å². The summed E-state index contributed by atoms with van der Waals surface area (Å²) in [6.45, 7) is -0.108. The second kappa shape index (κ2) is 6.64. The van der Waals surface area contributed by atoms with E-state index in [1.807, 2.05) is 22.6 Å². The van der Waals surface area contributed by atoms with Gasteiger partial charge in [0.1, 0.15) is 19.0 Å². The maximum atomic E-state index is 12.6. The number of alkyl halides is 4. The van der Waals surface area contributed by atoms with Gasteiger partial charge in [-0.15, -0.1) is 0 Å². The number of ether oxygens (including phenoxy) is 1. The van der Waals surface area contributed by atoms with E-state index in [1.54, 1.807) is 6.92 Å². The lowest BCUT2D eigenvalue weighted by molar-refractivity contribution is -0.168. The van der Waals surface area contributed by atoms with Crippen molar-refractivity contribution in [2.45, 2.75) is 32.3 Å². The molecule has 0 amide bonds. The van der Waals surface area contributed by atoms with Gasteiger partial charge >= 0.3 is 12.3 Å². The van der Waals surface area contributed by atoms with Crippen molar-refractivity contribution in [2.75, 3.05) is 6.61 Å². The van der Waals surface area contributed by atoms with E-state index in [2.05, 4.69) is 14.7 Å². The normalized spacial score (nSPS) is 12.2. The summed E-state index contributed by atoms with van der Waals surface area (Å²) < 4.78 is 53.8. The summed E-state index contributed by atoms with van der Waals surface area (Å²) in [5, 5.41) is 0. The van der Waals surface area contributed by atoms with Gasteiger partial charge < -0.3 is 9.72 Å². The average Bonchev–Trinajstić information content (AvgIpc) is 2.33. The molecule has 0 aromatic carbocycles. The number of aromatic amines is 1. The molecule has 0 atom stereocenters. The molecule has 0 aliphatic carbocycles. The van der Waals surface area contributed by atoms with Crippen molar-refractivity contribution in [3.63, 3.8) is 0 Å². The number of rotatable bonds is 6. The molecular formula is C10H11F4IN2O2. The predicted octanol–water partition coefficient (Wildman–Crippen LogP) is 2.35. The van der Waals surface area contributed by atoms with Crippen LogP contribution in [-0.4, -0.2) is 28.9 Å². The molecule has 0 saturated carbocycles. The van der Waals surface area contributed by atoms with Gasteiger partial charge in [0.25, 0.3) is 5.56 Å². The Labute approximate surface area is 119 Å². The molecule has 1 N–H and O–H groups in total. The van der Waals surface area contributed by atoms with E-state index in [1.165, 1.54) is 0 Å². The highest BCUT2D eigenvalue weighted by Gasteiger charge is 2.40. The van der Waals surface area contributed by atoms with E-state index in [4.69, 9.17) is 0 Å². The fourth-order valence-electron chi connectivity index (χ4n) is 1.21. The first-order chi connectivity index (χ1) is 8.77. The lowest BCUT2D eigenvalue weighted by Gasteiger charge is -2.15. The van der Waals surface area contributed by atoms with Gasteiger partial charge in [0, 0.05) is 0 Å². The van der Waals surface area contributed by atoms with E-state index in [0.29, 0.717) is 15.7 Å². The van der Waals surface area contributed by atoms with Crippen molar-refractivity contribution in [3.8, 4) is 0 Å². The van der Waals surface area contributed by atoms with Crippen molar-refractivity contribution in [1.29, 1.82) is 0 Å². The van der Waals surface area contributed by atoms with Crippen LogP contribution in [0, 0.1) is 3.57 Å². The smallest absolute Gasteiger partial charge is 0.330 e. The zero-order valence-corrected chi connectivity index (χ0v) is 12.0. The van der Waals surface area contributed by atoms with Crippen LogP contribution in [0.3, 0.4) is 0 Å². The maximum absolute atomic E-state index is 12.6. The summed E-state index contributed by atoms with van der Waals surface area (Å²) in [7, 11) is 0. The lowest BCUT2D eigenvalue weighted by Crippen LogP contribution is -2.32. The minimum Gasteiger partial charge on any atom is -0.367 e. The molecule has 4 nitrogen and oxygen atoms in total. The monoisotopic (exact) mass is 394 g/mol. The molecule has 1 heterocycles. The highest BCUT2D eigenvalue weighted by Crippen LogP contribution is 2.23. The van der Waals surface area contributed by atoms with Crippen molar-refractivity contribution < 1.29 is 22.3 Å². The van der Waals surface area contributed by atoms with Crippen LogP contribution in [0.2, 0.25) is 0 Å². The molecule has 0 unspecified atom stereocenters. The summed E-state index contributed by atoms with van der Waals surface area (Å²) in [6, 6.07) is 0. The van der Waals surface area contributed by atoms with Crippen LogP contribution in [0.5, 0.6) is 0 Å². The van der Waals surface area contributed by atoms with E-state index in [-0.39, 0.29) is 5.82 Å². The summed E-state index contributed by atoms with van der Waals surface area (Å²) >= 11 is 1.81. The highest BCUT2D eigenvalue weighted by atomic mass is 127. The molecule has 0 bridgehead atoms. The Morgan fingerprint density at radius 2 is 2.11 bits per heavy atom. The van der Waals surface area contributed by atoms with Crippen LogP contribution in [0.4, 0.5) is 17.6 Å². The number of H-pyrrole nitrogens is 1. The van der Waals surface area contributed by atoms with Crippen LogP contribution in [0.15, 0.2) is 4.79 Å². The first kappa shape index (κ1) is 16.3. The summed E-state index contributed by atoms with van der Waals surface area (Å²) in [4.78, 5) is 17.8. The highest BCUT2D eigenvalue weighted by molar-refractivity contribution is 14.1. The number of halogens is 5. The Hall–Kier alpha value is -0.710. The molecule has 0 spiro atoms. The Kier molecular flexibility index (Phi) is 5.71. The van der Waals surface area contributed by atoms with Gasteiger partial charge in [0.05, 0.1) is 9.26 Å². The van der Waals surface area contributed by atoms with E-state index < -0.39 is 31.1 Å². The van der Waals surface area contributed by atoms with Crippen molar-refractivity contribution >= 4 is 22.6 Å². The van der Waals surface area contributed by atoms with Gasteiger partial charge in [0.2, 0.25) is 0 Å². The standard InChI is InChI=1S/C10H11F4IN2O2/c1-2-5-7(15)8(18)17-6(16-5)3-19-4-10(13,14)9(11)12/h9H,2-4H2,1H3,(H,16,17,18). The molecular weight excluding hydrogens is 383 g/mol. The fourth-order valence-corrected chi connectivity index (χ4v) is 1.84. The molecule has 0 aliphatic rings. The minimum atomic E-state index is -4.21. The molecule has 0 radical (unpaired) electrons. The predicted molar refractivity (Wildman–Crippen MR) is 67.6 cm³/mol. The fraction of sp³-hybridized carbons (Fsp3) is 0.600. The molecule has 9 heteroatoms. The number of aromatic nitrogens is 2. The average molecular weight is 394 g/mol. The topological polar surface area (TPSA) is 55.0 Å². The van der Waals surface area contributed by atoms with Crippen molar-refractivity contribution in [1.82, 2.24) is 9.97 Å². The van der Waals surface area contributed by atoms with E-state index in [9.17, 15) is 22.4 Å². The number of hydrogen-bond donors (Lipinski definition) is 1. The first-order valence-electron chi connectivity index (χ1n) is 5.29. The Bertz CT molecular complexity index is 493. The van der Waals surface area contributed by atoms with E-state index >= 15 is 0 Å². The summed E-state index contributed by atoms with van der Waals surface area (Å²) in [6.07, 6.45) is -3.30. The molecule has 0 fully saturated rings. The molecule has 108 valence electrons. The second-order valence-corrected chi connectivity index (χ2v) is 4.76. The second-order valence-electron chi connectivity index (χ2n) is 3.68. The van der Waals surface area contributed by atoms with Crippen LogP contribution >= 0.6 is 22.6 Å². The molecule has 19 heavy (non-hydrogen) atoms. The Morgan fingerprint density at radius 3 is 2.63 bits per heavy atom.